The number of halogens is 2. The van der Waals surface area contributed by atoms with Crippen LogP contribution in [-0.2, 0) is 11.3 Å². The van der Waals surface area contributed by atoms with E-state index in [0.717, 1.165) is 37.8 Å². The first-order chi connectivity index (χ1) is 11.6. The summed E-state index contributed by atoms with van der Waals surface area (Å²) in [6.07, 6.45) is 2.93. The molecule has 1 fully saturated rings. The third-order valence-corrected chi connectivity index (χ3v) is 4.12. The monoisotopic (exact) mass is 356 g/mol. The molecule has 3 N–H and O–H groups in total. The molecule has 1 aromatic rings. The standard InChI is InChI=1S/C18H26F2N2O3/c1-18(2,3)25-17(24)22-13-6-4-12(5-7-13)21-10-11-8-14(19)16(23)15(20)9-11/h8-9,12-13,21,23H,4-7,10H2,1-3H3,(H,22,24). The minimum atomic E-state index is -0.956. The predicted octanol–water partition coefficient (Wildman–Crippen LogP) is 3.60. The van der Waals surface area contributed by atoms with E-state index in [1.807, 2.05) is 20.8 Å². The number of rotatable bonds is 4. The summed E-state index contributed by atoms with van der Waals surface area (Å²) in [5, 5.41) is 15.2. The lowest BCUT2D eigenvalue weighted by Crippen LogP contribution is -2.43. The lowest BCUT2D eigenvalue weighted by Gasteiger charge is -2.30. The van der Waals surface area contributed by atoms with E-state index in [9.17, 15) is 13.6 Å². The first kappa shape index (κ1) is 19.4. The zero-order valence-electron chi connectivity index (χ0n) is 14.9. The van der Waals surface area contributed by atoms with Gasteiger partial charge in [0.05, 0.1) is 0 Å². The molecule has 0 radical (unpaired) electrons. The number of ether oxygens (including phenoxy) is 1. The molecule has 140 valence electrons. The second-order valence-electron chi connectivity index (χ2n) is 7.48. The van der Waals surface area contributed by atoms with Gasteiger partial charge < -0.3 is 20.5 Å². The minimum Gasteiger partial charge on any atom is -0.503 e. The van der Waals surface area contributed by atoms with Gasteiger partial charge in [-0.3, -0.25) is 0 Å². The Morgan fingerprint density at radius 1 is 1.16 bits per heavy atom. The van der Waals surface area contributed by atoms with Gasteiger partial charge in [-0.25, -0.2) is 13.6 Å². The number of phenolic OH excluding ortho intramolecular Hbond substituents is 1. The number of phenols is 1. The lowest BCUT2D eigenvalue weighted by atomic mass is 9.91. The van der Waals surface area contributed by atoms with Crippen molar-refractivity contribution in [1.82, 2.24) is 10.6 Å². The topological polar surface area (TPSA) is 70.6 Å². The highest BCUT2D eigenvalue weighted by molar-refractivity contribution is 5.68. The van der Waals surface area contributed by atoms with Gasteiger partial charge in [0.2, 0.25) is 0 Å². The van der Waals surface area contributed by atoms with E-state index < -0.39 is 29.1 Å². The van der Waals surface area contributed by atoms with Gasteiger partial charge in [0, 0.05) is 18.6 Å². The summed E-state index contributed by atoms with van der Waals surface area (Å²) in [4.78, 5) is 11.8. The summed E-state index contributed by atoms with van der Waals surface area (Å²) in [7, 11) is 0. The van der Waals surface area contributed by atoms with Crippen LogP contribution in [0.15, 0.2) is 12.1 Å². The number of alkyl carbamates (subject to hydrolysis) is 1. The van der Waals surface area contributed by atoms with Crippen molar-refractivity contribution in [2.75, 3.05) is 0 Å². The second kappa shape index (κ2) is 7.99. The van der Waals surface area contributed by atoms with Gasteiger partial charge in [-0.05, 0) is 64.2 Å². The van der Waals surface area contributed by atoms with Gasteiger partial charge in [-0.15, -0.1) is 0 Å². The Balaban J connectivity index is 1.75. The summed E-state index contributed by atoms with van der Waals surface area (Å²) in [6, 6.07) is 2.55. The Hall–Kier alpha value is -1.89. The third kappa shape index (κ3) is 6.16. The van der Waals surface area contributed by atoms with E-state index >= 15 is 0 Å². The van der Waals surface area contributed by atoms with Crippen LogP contribution in [0, 0.1) is 11.6 Å². The van der Waals surface area contributed by atoms with Crippen molar-refractivity contribution in [3.63, 3.8) is 0 Å². The van der Waals surface area contributed by atoms with Gasteiger partial charge in [-0.2, -0.15) is 0 Å². The Kier molecular flexibility index (Phi) is 6.21. The van der Waals surface area contributed by atoms with Gasteiger partial charge in [0.1, 0.15) is 5.60 Å². The van der Waals surface area contributed by atoms with Crippen molar-refractivity contribution in [3.8, 4) is 5.75 Å². The van der Waals surface area contributed by atoms with Crippen LogP contribution in [-0.4, -0.2) is 28.9 Å². The van der Waals surface area contributed by atoms with Crippen molar-refractivity contribution in [2.45, 2.75) is 70.7 Å². The van der Waals surface area contributed by atoms with Gasteiger partial charge in [0.25, 0.3) is 0 Å². The predicted molar refractivity (Wildman–Crippen MR) is 90.3 cm³/mol. The van der Waals surface area contributed by atoms with E-state index in [2.05, 4.69) is 10.6 Å². The molecular weight excluding hydrogens is 330 g/mol. The first-order valence-corrected chi connectivity index (χ1v) is 8.54. The Morgan fingerprint density at radius 2 is 1.68 bits per heavy atom. The molecule has 7 heteroatoms. The highest BCUT2D eigenvalue weighted by Crippen LogP contribution is 2.23. The molecule has 0 atom stereocenters. The zero-order valence-corrected chi connectivity index (χ0v) is 14.9. The number of hydrogen-bond acceptors (Lipinski definition) is 4. The average Bonchev–Trinajstić information content (AvgIpc) is 2.50. The summed E-state index contributed by atoms with van der Waals surface area (Å²) < 4.78 is 31.9. The number of hydrogen-bond donors (Lipinski definition) is 3. The number of carbonyl (C=O) groups excluding carboxylic acids is 1. The van der Waals surface area contributed by atoms with Crippen molar-refractivity contribution < 1.29 is 23.4 Å². The molecule has 5 nitrogen and oxygen atoms in total. The van der Waals surface area contributed by atoms with E-state index in [-0.39, 0.29) is 12.1 Å². The molecule has 2 rings (SSSR count). The fourth-order valence-electron chi connectivity index (χ4n) is 2.90. The van der Waals surface area contributed by atoms with Crippen LogP contribution in [0.5, 0.6) is 5.75 Å². The van der Waals surface area contributed by atoms with E-state index in [1.165, 1.54) is 0 Å². The average molecular weight is 356 g/mol. The maximum atomic E-state index is 13.3. The molecule has 0 saturated heterocycles. The zero-order chi connectivity index (χ0) is 18.6. The molecule has 0 unspecified atom stereocenters. The summed E-state index contributed by atoms with van der Waals surface area (Å²) in [5.74, 6) is -2.86. The van der Waals surface area contributed by atoms with Crippen LogP contribution >= 0.6 is 0 Å². The number of carbonyl (C=O) groups is 1. The first-order valence-electron chi connectivity index (χ1n) is 8.54. The molecule has 0 heterocycles. The fourth-order valence-corrected chi connectivity index (χ4v) is 2.90. The third-order valence-electron chi connectivity index (χ3n) is 4.12. The number of benzene rings is 1. The van der Waals surface area contributed by atoms with E-state index in [0.29, 0.717) is 12.1 Å². The van der Waals surface area contributed by atoms with E-state index in [4.69, 9.17) is 9.84 Å². The van der Waals surface area contributed by atoms with Crippen LogP contribution in [0.2, 0.25) is 0 Å². The fraction of sp³-hybridized carbons (Fsp3) is 0.611. The number of nitrogens with one attached hydrogen (secondary N) is 2. The number of aromatic hydroxyl groups is 1. The van der Waals surface area contributed by atoms with E-state index in [1.54, 1.807) is 0 Å². The quantitative estimate of drug-likeness (QED) is 0.771. The van der Waals surface area contributed by atoms with Gasteiger partial charge >= 0.3 is 6.09 Å². The summed E-state index contributed by atoms with van der Waals surface area (Å²) in [6.45, 7) is 5.79. The van der Waals surface area contributed by atoms with Crippen molar-refractivity contribution in [1.29, 1.82) is 0 Å². The Morgan fingerprint density at radius 3 is 2.20 bits per heavy atom. The molecule has 25 heavy (non-hydrogen) atoms. The molecule has 1 saturated carbocycles. The summed E-state index contributed by atoms with van der Waals surface area (Å²) in [5.41, 5.74) is -0.0702. The van der Waals surface area contributed by atoms with Gasteiger partial charge in [-0.1, -0.05) is 0 Å². The molecule has 1 amide bonds. The maximum absolute atomic E-state index is 13.3. The normalized spacial score (nSPS) is 21.0. The molecule has 1 aliphatic carbocycles. The smallest absolute Gasteiger partial charge is 0.407 e. The molecule has 0 aromatic heterocycles. The second-order valence-corrected chi connectivity index (χ2v) is 7.48. The van der Waals surface area contributed by atoms with Crippen molar-refractivity contribution in [2.24, 2.45) is 0 Å². The van der Waals surface area contributed by atoms with Crippen molar-refractivity contribution >= 4 is 6.09 Å². The molecule has 1 aliphatic rings. The molecule has 0 spiro atoms. The maximum Gasteiger partial charge on any atom is 0.407 e. The highest BCUT2D eigenvalue weighted by Gasteiger charge is 2.24. The lowest BCUT2D eigenvalue weighted by molar-refractivity contribution is 0.0489. The summed E-state index contributed by atoms with van der Waals surface area (Å²) >= 11 is 0. The Labute approximate surface area is 146 Å². The van der Waals surface area contributed by atoms with Crippen LogP contribution in [0.1, 0.15) is 52.0 Å². The van der Waals surface area contributed by atoms with Crippen LogP contribution in [0.3, 0.4) is 0 Å². The largest absolute Gasteiger partial charge is 0.503 e. The molecule has 0 aliphatic heterocycles. The Bertz CT molecular complexity index is 586. The van der Waals surface area contributed by atoms with Crippen molar-refractivity contribution in [3.05, 3.63) is 29.3 Å². The SMILES string of the molecule is CC(C)(C)OC(=O)NC1CCC(NCc2cc(F)c(O)c(F)c2)CC1. The van der Waals surface area contributed by atoms with Crippen LogP contribution in [0.4, 0.5) is 13.6 Å². The highest BCUT2D eigenvalue weighted by atomic mass is 19.1. The molecular formula is C18H26F2N2O3. The number of amides is 1. The molecule has 0 bridgehead atoms. The van der Waals surface area contributed by atoms with Crippen LogP contribution in [0.25, 0.3) is 0 Å². The van der Waals surface area contributed by atoms with Gasteiger partial charge in [0.15, 0.2) is 17.4 Å². The minimum absolute atomic E-state index is 0.0801. The van der Waals surface area contributed by atoms with Crippen LogP contribution < -0.4 is 10.6 Å². The molecule has 1 aromatic carbocycles.